The number of hydrogen-bond acceptors (Lipinski definition) is 8. The number of carbonyl (C=O) groups excluding carboxylic acids is 1. The molecule has 36 heavy (non-hydrogen) atoms. The van der Waals surface area contributed by atoms with Crippen molar-refractivity contribution in [3.05, 3.63) is 83.0 Å². The molecule has 0 N–H and O–H groups in total. The van der Waals surface area contributed by atoms with E-state index in [1.807, 2.05) is 18.2 Å². The Balaban J connectivity index is 1.93. The molecule has 0 radical (unpaired) electrons. The van der Waals surface area contributed by atoms with E-state index < -0.39 is 12.0 Å². The van der Waals surface area contributed by atoms with Crippen molar-refractivity contribution in [3.8, 4) is 17.2 Å². The first-order valence-corrected chi connectivity index (χ1v) is 12.7. The molecule has 0 fully saturated rings. The molecule has 1 atom stereocenters. The van der Waals surface area contributed by atoms with Crippen LogP contribution in [0, 0.1) is 0 Å². The fraction of sp³-hybridized carbons (Fsp3) is 0.269. The Morgan fingerprint density at radius 3 is 2.47 bits per heavy atom. The first-order chi connectivity index (χ1) is 17.3. The summed E-state index contributed by atoms with van der Waals surface area (Å²) in [5, 5.41) is 0. The van der Waals surface area contributed by atoms with Crippen LogP contribution < -0.4 is 29.1 Å². The highest BCUT2D eigenvalue weighted by Crippen LogP contribution is 2.36. The van der Waals surface area contributed by atoms with Crippen molar-refractivity contribution in [3.63, 3.8) is 0 Å². The summed E-state index contributed by atoms with van der Waals surface area (Å²) in [4.78, 5) is 31.8. The molecule has 3 aromatic rings. The molecule has 0 aliphatic carbocycles. The lowest BCUT2D eigenvalue weighted by molar-refractivity contribution is -0.139. The van der Waals surface area contributed by atoms with Gasteiger partial charge in [0.15, 0.2) is 16.3 Å². The van der Waals surface area contributed by atoms with Crippen molar-refractivity contribution < 1.29 is 23.7 Å². The summed E-state index contributed by atoms with van der Waals surface area (Å²) >= 11 is 4.75. The molecule has 0 amide bonds. The molecule has 0 unspecified atom stereocenters. The zero-order valence-electron chi connectivity index (χ0n) is 20.5. The summed E-state index contributed by atoms with van der Waals surface area (Å²) in [6.45, 7) is 3.71. The minimum atomic E-state index is -0.689. The highest BCUT2D eigenvalue weighted by atomic mass is 79.9. The first kappa shape index (κ1) is 25.7. The number of halogens is 1. The topological polar surface area (TPSA) is 88.4 Å². The largest absolute Gasteiger partial charge is 0.497 e. The average Bonchev–Trinajstić information content (AvgIpc) is 3.17. The third kappa shape index (κ3) is 4.70. The Morgan fingerprint density at radius 2 is 1.86 bits per heavy atom. The number of ether oxygens (including phenoxy) is 4. The van der Waals surface area contributed by atoms with E-state index in [-0.39, 0.29) is 12.2 Å². The maximum atomic E-state index is 13.7. The van der Waals surface area contributed by atoms with Crippen molar-refractivity contribution in [1.29, 1.82) is 0 Å². The molecular formula is C26H25BrN2O6S. The number of methoxy groups -OCH3 is 3. The number of rotatable bonds is 7. The van der Waals surface area contributed by atoms with E-state index in [2.05, 4.69) is 20.9 Å². The van der Waals surface area contributed by atoms with E-state index in [1.54, 1.807) is 64.0 Å². The van der Waals surface area contributed by atoms with Gasteiger partial charge in [-0.1, -0.05) is 23.5 Å². The van der Waals surface area contributed by atoms with Gasteiger partial charge in [-0.25, -0.2) is 9.79 Å². The van der Waals surface area contributed by atoms with Crippen molar-refractivity contribution in [2.45, 2.75) is 19.9 Å². The van der Waals surface area contributed by atoms with Gasteiger partial charge in [-0.05, 0) is 71.2 Å². The summed E-state index contributed by atoms with van der Waals surface area (Å²) in [6.07, 6.45) is 1.77. The quantitative estimate of drug-likeness (QED) is 0.402. The molecule has 0 spiro atoms. The molecule has 1 aliphatic heterocycles. The molecule has 0 saturated carbocycles. The Bertz CT molecular complexity index is 1520. The average molecular weight is 573 g/mol. The van der Waals surface area contributed by atoms with Crippen LogP contribution in [0.1, 0.15) is 31.0 Å². The van der Waals surface area contributed by atoms with E-state index in [9.17, 15) is 9.59 Å². The highest BCUT2D eigenvalue weighted by molar-refractivity contribution is 9.10. The number of benzene rings is 2. The van der Waals surface area contributed by atoms with Crippen molar-refractivity contribution >= 4 is 39.3 Å². The Morgan fingerprint density at radius 1 is 1.14 bits per heavy atom. The number of fused-ring (bicyclic) bond motifs is 1. The standard InChI is InChI=1S/C26H25BrN2O6S/c1-6-35-25(31)21-14(2)28-26-29(22(21)16-7-9-17(32-3)10-8-16)24(30)20(36-26)13-15-11-18(27)23(34-5)19(12-15)33-4/h7-13,22H,6H2,1-5H3/b20-13-/t22-/m1/s1. The fourth-order valence-electron chi connectivity index (χ4n) is 4.07. The van der Waals surface area contributed by atoms with Gasteiger partial charge in [0.05, 0.1) is 54.3 Å². The Hall–Kier alpha value is -3.37. The summed E-state index contributed by atoms with van der Waals surface area (Å²) in [6, 6.07) is 10.2. The molecule has 2 heterocycles. The molecule has 10 heteroatoms. The monoisotopic (exact) mass is 572 g/mol. The van der Waals surface area contributed by atoms with Crippen LogP contribution in [0.4, 0.5) is 0 Å². The van der Waals surface area contributed by atoms with Gasteiger partial charge >= 0.3 is 5.97 Å². The van der Waals surface area contributed by atoms with E-state index >= 15 is 0 Å². The van der Waals surface area contributed by atoms with Gasteiger partial charge in [-0.3, -0.25) is 9.36 Å². The number of allylic oxidation sites excluding steroid dienone is 1. The minimum Gasteiger partial charge on any atom is -0.497 e. The summed E-state index contributed by atoms with van der Waals surface area (Å²) in [5.41, 5.74) is 2.06. The van der Waals surface area contributed by atoms with Crippen LogP contribution >= 0.6 is 27.3 Å². The highest BCUT2D eigenvalue weighted by Gasteiger charge is 2.33. The lowest BCUT2D eigenvalue weighted by Crippen LogP contribution is -2.39. The molecule has 8 nitrogen and oxygen atoms in total. The third-order valence-corrected chi connectivity index (χ3v) is 7.27. The molecule has 1 aliphatic rings. The number of nitrogens with zero attached hydrogens (tertiary/aromatic N) is 2. The number of aromatic nitrogens is 1. The van der Waals surface area contributed by atoms with E-state index in [0.717, 1.165) is 11.1 Å². The predicted octanol–water partition coefficient (Wildman–Crippen LogP) is 3.59. The smallest absolute Gasteiger partial charge is 0.338 e. The number of carbonyl (C=O) groups is 1. The number of thiazole rings is 1. The van der Waals surface area contributed by atoms with Crippen molar-refractivity contribution in [2.24, 2.45) is 4.99 Å². The van der Waals surface area contributed by atoms with Gasteiger partial charge in [0.2, 0.25) is 0 Å². The molecule has 1 aromatic heterocycles. The van der Waals surface area contributed by atoms with E-state index in [1.165, 1.54) is 11.3 Å². The van der Waals surface area contributed by atoms with E-state index in [4.69, 9.17) is 18.9 Å². The molecule has 0 saturated heterocycles. The van der Waals surface area contributed by atoms with Gasteiger partial charge in [0.1, 0.15) is 5.75 Å². The van der Waals surface area contributed by atoms with Gasteiger partial charge in [-0.2, -0.15) is 0 Å². The first-order valence-electron chi connectivity index (χ1n) is 11.1. The molecule has 0 bridgehead atoms. The summed E-state index contributed by atoms with van der Waals surface area (Å²) in [5.74, 6) is 1.26. The predicted molar refractivity (Wildman–Crippen MR) is 141 cm³/mol. The third-order valence-electron chi connectivity index (χ3n) is 5.70. The molecule has 4 rings (SSSR count). The summed E-state index contributed by atoms with van der Waals surface area (Å²) < 4.78 is 24.1. The zero-order valence-corrected chi connectivity index (χ0v) is 22.9. The van der Waals surface area contributed by atoms with Crippen LogP contribution in [-0.4, -0.2) is 38.5 Å². The van der Waals surface area contributed by atoms with Crippen LogP contribution in [0.5, 0.6) is 17.2 Å². The summed E-state index contributed by atoms with van der Waals surface area (Å²) in [7, 11) is 4.69. The second-order valence-electron chi connectivity index (χ2n) is 7.81. The van der Waals surface area contributed by atoms with Crippen molar-refractivity contribution in [2.75, 3.05) is 27.9 Å². The number of hydrogen-bond donors (Lipinski definition) is 0. The maximum Gasteiger partial charge on any atom is 0.338 e. The van der Waals surface area contributed by atoms with Crippen LogP contribution in [0.25, 0.3) is 6.08 Å². The SMILES string of the molecule is CCOC(=O)C1=C(C)N=c2s/c(=C\c3cc(Br)c(OC)c(OC)c3)c(=O)n2[C@@H]1c1ccc(OC)cc1. The normalized spacial score (nSPS) is 15.3. The number of esters is 1. The maximum absolute atomic E-state index is 13.7. The Kier molecular flexibility index (Phi) is 7.65. The van der Waals surface area contributed by atoms with Crippen molar-refractivity contribution in [1.82, 2.24) is 4.57 Å². The van der Waals surface area contributed by atoms with Crippen LogP contribution in [0.2, 0.25) is 0 Å². The van der Waals surface area contributed by atoms with Gasteiger partial charge < -0.3 is 18.9 Å². The lowest BCUT2D eigenvalue weighted by Gasteiger charge is -2.24. The van der Waals surface area contributed by atoms with Crippen LogP contribution in [-0.2, 0) is 9.53 Å². The molecule has 188 valence electrons. The van der Waals surface area contributed by atoms with Gasteiger partial charge in [0.25, 0.3) is 5.56 Å². The zero-order chi connectivity index (χ0) is 26.0. The molecule has 2 aromatic carbocycles. The van der Waals surface area contributed by atoms with Gasteiger partial charge in [0, 0.05) is 0 Å². The lowest BCUT2D eigenvalue weighted by atomic mass is 9.96. The van der Waals surface area contributed by atoms with Gasteiger partial charge in [-0.15, -0.1) is 0 Å². The second kappa shape index (κ2) is 10.7. The second-order valence-corrected chi connectivity index (χ2v) is 9.68. The molecular weight excluding hydrogens is 548 g/mol. The van der Waals surface area contributed by atoms with Crippen LogP contribution in [0.15, 0.2) is 61.9 Å². The fourth-order valence-corrected chi connectivity index (χ4v) is 5.73. The minimum absolute atomic E-state index is 0.212. The van der Waals surface area contributed by atoms with E-state index in [0.29, 0.717) is 42.3 Å². The van der Waals surface area contributed by atoms with Crippen LogP contribution in [0.3, 0.4) is 0 Å². The Labute approximate surface area is 220 Å².